The summed E-state index contributed by atoms with van der Waals surface area (Å²) in [6.45, 7) is 13.8. The molecule has 4 rings (SSSR count). The maximum atomic E-state index is 6.13. The van der Waals surface area contributed by atoms with E-state index >= 15 is 0 Å². The Bertz CT molecular complexity index is 807. The zero-order valence-electron chi connectivity index (χ0n) is 17.7. The Kier molecular flexibility index (Phi) is 5.15. The lowest BCUT2D eigenvalue weighted by atomic mass is 9.79. The molecule has 0 atom stereocenters. The molecule has 0 N–H and O–H groups in total. The molecule has 2 aliphatic rings. The first-order valence-corrected chi connectivity index (χ1v) is 10.4. The van der Waals surface area contributed by atoms with Crippen LogP contribution in [-0.4, -0.2) is 47.8 Å². The average Bonchev–Trinajstić information content (AvgIpc) is 3.33. The lowest BCUT2D eigenvalue weighted by Gasteiger charge is -2.32. The number of aryl methyl sites for hydroxylation is 1. The van der Waals surface area contributed by atoms with E-state index in [4.69, 9.17) is 18.7 Å². The first kappa shape index (κ1) is 19.7. The molecule has 2 aliphatic heterocycles. The van der Waals surface area contributed by atoms with Crippen molar-refractivity contribution in [1.29, 1.82) is 0 Å². The van der Waals surface area contributed by atoms with Crippen LogP contribution >= 0.6 is 0 Å². The van der Waals surface area contributed by atoms with E-state index in [0.717, 1.165) is 35.4 Å². The summed E-state index contributed by atoms with van der Waals surface area (Å²) in [6.07, 6.45) is 3.58. The van der Waals surface area contributed by atoms with Gasteiger partial charge < -0.3 is 18.6 Å². The van der Waals surface area contributed by atoms with Gasteiger partial charge in [-0.25, -0.2) is 4.98 Å². The van der Waals surface area contributed by atoms with Gasteiger partial charge in [-0.1, -0.05) is 12.1 Å². The van der Waals surface area contributed by atoms with Gasteiger partial charge in [-0.3, -0.25) is 0 Å². The molecule has 1 aromatic heterocycles. The maximum Gasteiger partial charge on any atom is 0.494 e. The van der Waals surface area contributed by atoms with Crippen molar-refractivity contribution >= 4 is 12.6 Å². The van der Waals surface area contributed by atoms with E-state index in [9.17, 15) is 0 Å². The molecule has 0 saturated carbocycles. The molecule has 6 heteroatoms. The molecule has 5 nitrogen and oxygen atoms in total. The van der Waals surface area contributed by atoms with Crippen molar-refractivity contribution in [3.8, 4) is 11.5 Å². The molecular weight excluding hydrogens is 351 g/mol. The van der Waals surface area contributed by atoms with Crippen LogP contribution in [0.25, 0.3) is 11.5 Å². The summed E-state index contributed by atoms with van der Waals surface area (Å²) in [5, 5.41) is 0. The number of nitrogens with zero attached hydrogens (tertiary/aromatic N) is 2. The minimum Gasteiger partial charge on any atom is -0.441 e. The third-order valence-corrected chi connectivity index (χ3v) is 6.44. The fourth-order valence-electron chi connectivity index (χ4n) is 3.82. The molecule has 0 aliphatic carbocycles. The molecule has 3 heterocycles. The van der Waals surface area contributed by atoms with Crippen molar-refractivity contribution in [2.24, 2.45) is 0 Å². The molecule has 0 unspecified atom stereocenters. The molecule has 0 amide bonds. The Morgan fingerprint density at radius 1 is 1.00 bits per heavy atom. The fourth-order valence-corrected chi connectivity index (χ4v) is 3.82. The molecule has 28 heavy (non-hydrogen) atoms. The van der Waals surface area contributed by atoms with Crippen molar-refractivity contribution < 1.29 is 13.7 Å². The highest BCUT2D eigenvalue weighted by atomic mass is 16.7. The van der Waals surface area contributed by atoms with Crippen molar-refractivity contribution in [2.75, 3.05) is 19.6 Å². The molecule has 2 fully saturated rings. The SMILES string of the molecule is Cc1oc(-c2ccc(B3OC(C)(C)C(C)(C)O3)cc2)nc1CCN1CCCC1. The third kappa shape index (κ3) is 3.78. The molecule has 0 spiro atoms. The van der Waals surface area contributed by atoms with E-state index in [2.05, 4.69) is 32.6 Å². The molecule has 1 aromatic carbocycles. The second-order valence-electron chi connectivity index (χ2n) is 9.03. The highest BCUT2D eigenvalue weighted by Gasteiger charge is 2.51. The quantitative estimate of drug-likeness (QED) is 0.740. The van der Waals surface area contributed by atoms with Crippen LogP contribution < -0.4 is 5.46 Å². The predicted octanol–water partition coefficient (Wildman–Crippen LogP) is 3.59. The van der Waals surface area contributed by atoms with Gasteiger partial charge in [0.1, 0.15) is 5.76 Å². The van der Waals surface area contributed by atoms with Crippen LogP contribution in [0.4, 0.5) is 0 Å². The minimum atomic E-state index is -0.346. The Balaban J connectivity index is 1.45. The molecular formula is C22H31BN2O3. The van der Waals surface area contributed by atoms with E-state index in [1.54, 1.807) is 0 Å². The zero-order valence-corrected chi connectivity index (χ0v) is 17.7. The second-order valence-corrected chi connectivity index (χ2v) is 9.03. The van der Waals surface area contributed by atoms with Crippen LogP contribution in [0.5, 0.6) is 0 Å². The first-order chi connectivity index (χ1) is 13.2. The van der Waals surface area contributed by atoms with Gasteiger partial charge in [0.25, 0.3) is 0 Å². The van der Waals surface area contributed by atoms with Crippen LogP contribution in [0, 0.1) is 6.92 Å². The standard InChI is InChI=1S/C22H31BN2O3/c1-16-19(12-15-25-13-6-7-14-25)24-20(26-16)17-8-10-18(11-9-17)23-27-21(2,3)22(4,5)28-23/h8-11H,6-7,12-15H2,1-5H3. The predicted molar refractivity (Wildman–Crippen MR) is 112 cm³/mol. The van der Waals surface area contributed by atoms with Crippen molar-refractivity contribution in [3.63, 3.8) is 0 Å². The third-order valence-electron chi connectivity index (χ3n) is 6.44. The van der Waals surface area contributed by atoms with Gasteiger partial charge in [0.2, 0.25) is 5.89 Å². The van der Waals surface area contributed by atoms with Gasteiger partial charge in [0, 0.05) is 18.5 Å². The van der Waals surface area contributed by atoms with Gasteiger partial charge in [0.05, 0.1) is 16.9 Å². The summed E-state index contributed by atoms with van der Waals surface area (Å²) in [5.74, 6) is 1.61. The monoisotopic (exact) mass is 382 g/mol. The van der Waals surface area contributed by atoms with E-state index in [1.807, 2.05) is 31.2 Å². The zero-order chi connectivity index (χ0) is 19.9. The van der Waals surface area contributed by atoms with E-state index in [0.29, 0.717) is 5.89 Å². The summed E-state index contributed by atoms with van der Waals surface area (Å²) >= 11 is 0. The Hall–Kier alpha value is -1.63. The van der Waals surface area contributed by atoms with Gasteiger partial charge >= 0.3 is 7.12 Å². The summed E-state index contributed by atoms with van der Waals surface area (Å²) in [6, 6.07) is 8.16. The van der Waals surface area contributed by atoms with Crippen molar-refractivity contribution in [1.82, 2.24) is 9.88 Å². The van der Waals surface area contributed by atoms with E-state index in [1.165, 1.54) is 25.9 Å². The minimum absolute atomic E-state index is 0.333. The number of hydrogen-bond donors (Lipinski definition) is 0. The molecule has 2 aromatic rings. The van der Waals surface area contributed by atoms with Crippen LogP contribution in [0.1, 0.15) is 52.0 Å². The average molecular weight is 382 g/mol. The van der Waals surface area contributed by atoms with Gasteiger partial charge in [-0.05, 0) is 78.1 Å². The summed E-state index contributed by atoms with van der Waals surface area (Å²) in [5.41, 5.74) is 2.40. The summed E-state index contributed by atoms with van der Waals surface area (Å²) < 4.78 is 18.2. The lowest BCUT2D eigenvalue weighted by molar-refractivity contribution is 0.00578. The summed E-state index contributed by atoms with van der Waals surface area (Å²) in [4.78, 5) is 7.27. The maximum absolute atomic E-state index is 6.13. The number of benzene rings is 1. The summed E-state index contributed by atoms with van der Waals surface area (Å²) in [7, 11) is -0.346. The Morgan fingerprint density at radius 3 is 2.21 bits per heavy atom. The topological polar surface area (TPSA) is 47.7 Å². The molecule has 0 radical (unpaired) electrons. The van der Waals surface area contributed by atoms with Crippen molar-refractivity contribution in [2.45, 2.75) is 65.1 Å². The largest absolute Gasteiger partial charge is 0.494 e. The van der Waals surface area contributed by atoms with Gasteiger partial charge in [-0.2, -0.15) is 0 Å². The van der Waals surface area contributed by atoms with Crippen LogP contribution in [0.15, 0.2) is 28.7 Å². The molecule has 2 saturated heterocycles. The van der Waals surface area contributed by atoms with Gasteiger partial charge in [-0.15, -0.1) is 0 Å². The molecule has 150 valence electrons. The second kappa shape index (κ2) is 7.32. The first-order valence-electron chi connectivity index (χ1n) is 10.4. The number of likely N-dealkylation sites (tertiary alicyclic amines) is 1. The lowest BCUT2D eigenvalue weighted by Crippen LogP contribution is -2.41. The van der Waals surface area contributed by atoms with Crippen LogP contribution in [0.2, 0.25) is 0 Å². The number of oxazole rings is 1. The molecule has 0 bridgehead atoms. The van der Waals surface area contributed by atoms with Crippen LogP contribution in [0.3, 0.4) is 0 Å². The van der Waals surface area contributed by atoms with E-state index in [-0.39, 0.29) is 18.3 Å². The number of hydrogen-bond acceptors (Lipinski definition) is 5. The van der Waals surface area contributed by atoms with E-state index < -0.39 is 0 Å². The highest BCUT2D eigenvalue weighted by molar-refractivity contribution is 6.62. The van der Waals surface area contributed by atoms with Crippen molar-refractivity contribution in [3.05, 3.63) is 35.7 Å². The number of aromatic nitrogens is 1. The highest BCUT2D eigenvalue weighted by Crippen LogP contribution is 2.36. The fraction of sp³-hybridized carbons (Fsp3) is 0.591. The number of rotatable bonds is 5. The Morgan fingerprint density at radius 2 is 1.61 bits per heavy atom. The van der Waals surface area contributed by atoms with Crippen LogP contribution in [-0.2, 0) is 15.7 Å². The smallest absolute Gasteiger partial charge is 0.441 e. The Labute approximate surface area is 168 Å². The van der Waals surface area contributed by atoms with Gasteiger partial charge in [0.15, 0.2) is 0 Å². The normalized spacial score (nSPS) is 21.5.